The van der Waals surface area contributed by atoms with Gasteiger partial charge in [0.1, 0.15) is 11.6 Å². The minimum absolute atomic E-state index is 0.303. The van der Waals surface area contributed by atoms with Crippen molar-refractivity contribution in [2.24, 2.45) is 0 Å². The van der Waals surface area contributed by atoms with Crippen molar-refractivity contribution in [3.8, 4) is 0 Å². The largest absolute Gasteiger partial charge is 0.471 e. The van der Waals surface area contributed by atoms with Gasteiger partial charge in [-0.25, -0.2) is 8.78 Å². The SMILES string of the molecule is CNc1cc(SSc2cc(NC(=O)C(F)(F)F)c(F)cc2C)c(C)cc1F. The van der Waals surface area contributed by atoms with E-state index in [4.69, 9.17) is 0 Å². The fourth-order valence-electron chi connectivity index (χ4n) is 2.06. The van der Waals surface area contributed by atoms with E-state index in [9.17, 15) is 26.7 Å². The van der Waals surface area contributed by atoms with Gasteiger partial charge in [0, 0.05) is 16.8 Å². The Labute approximate surface area is 160 Å². The van der Waals surface area contributed by atoms with Crippen LogP contribution < -0.4 is 10.6 Å². The highest BCUT2D eigenvalue weighted by Gasteiger charge is 2.39. The molecule has 27 heavy (non-hydrogen) atoms. The molecule has 0 spiro atoms. The molecule has 2 N–H and O–H groups in total. The highest BCUT2D eigenvalue weighted by molar-refractivity contribution is 8.76. The lowest BCUT2D eigenvalue weighted by Crippen LogP contribution is -2.30. The zero-order valence-electron chi connectivity index (χ0n) is 14.4. The van der Waals surface area contributed by atoms with E-state index in [0.29, 0.717) is 21.7 Å². The van der Waals surface area contributed by atoms with E-state index in [-0.39, 0.29) is 0 Å². The third-order valence-corrected chi connectivity index (χ3v) is 6.17. The Morgan fingerprint density at radius 3 is 1.78 bits per heavy atom. The van der Waals surface area contributed by atoms with E-state index in [1.807, 2.05) is 0 Å². The van der Waals surface area contributed by atoms with Gasteiger partial charge in [-0.2, -0.15) is 13.2 Å². The van der Waals surface area contributed by atoms with Crippen molar-refractivity contribution in [2.45, 2.75) is 29.8 Å². The lowest BCUT2D eigenvalue weighted by molar-refractivity contribution is -0.167. The van der Waals surface area contributed by atoms with Crippen molar-refractivity contribution in [1.29, 1.82) is 0 Å². The van der Waals surface area contributed by atoms with Crippen molar-refractivity contribution in [1.82, 2.24) is 0 Å². The summed E-state index contributed by atoms with van der Waals surface area (Å²) in [6, 6.07) is 5.16. The van der Waals surface area contributed by atoms with Crippen molar-refractivity contribution < 1.29 is 26.7 Å². The van der Waals surface area contributed by atoms with Crippen LogP contribution in [0.2, 0.25) is 0 Å². The van der Waals surface area contributed by atoms with Crippen LogP contribution in [-0.2, 0) is 4.79 Å². The number of benzene rings is 2. The molecule has 0 saturated heterocycles. The molecule has 0 atom stereocenters. The molecule has 1 amide bonds. The van der Waals surface area contributed by atoms with Gasteiger partial charge < -0.3 is 10.6 Å². The maximum atomic E-state index is 13.9. The van der Waals surface area contributed by atoms with Gasteiger partial charge in [-0.1, -0.05) is 21.6 Å². The zero-order valence-corrected chi connectivity index (χ0v) is 16.1. The molecule has 0 radical (unpaired) electrons. The van der Waals surface area contributed by atoms with Crippen LogP contribution in [0.5, 0.6) is 0 Å². The number of anilines is 2. The summed E-state index contributed by atoms with van der Waals surface area (Å²) in [6.45, 7) is 3.32. The topological polar surface area (TPSA) is 41.1 Å². The normalized spacial score (nSPS) is 11.4. The van der Waals surface area contributed by atoms with Crippen molar-refractivity contribution in [2.75, 3.05) is 17.7 Å². The van der Waals surface area contributed by atoms with Crippen molar-refractivity contribution in [3.63, 3.8) is 0 Å². The smallest absolute Gasteiger partial charge is 0.386 e. The summed E-state index contributed by atoms with van der Waals surface area (Å²) in [4.78, 5) is 12.2. The first-order valence-corrected chi connectivity index (χ1v) is 9.68. The Balaban J connectivity index is 2.24. The lowest BCUT2D eigenvalue weighted by Gasteiger charge is -2.13. The van der Waals surface area contributed by atoms with E-state index < -0.39 is 29.4 Å². The molecule has 146 valence electrons. The third-order valence-electron chi connectivity index (χ3n) is 3.53. The second kappa shape index (κ2) is 8.39. The highest BCUT2D eigenvalue weighted by Crippen LogP contribution is 2.43. The molecule has 0 saturated carbocycles. The quantitative estimate of drug-likeness (QED) is 0.463. The number of nitrogens with one attached hydrogen (secondary N) is 2. The molecule has 0 unspecified atom stereocenters. The van der Waals surface area contributed by atoms with Gasteiger partial charge in [-0.15, -0.1) is 0 Å². The summed E-state index contributed by atoms with van der Waals surface area (Å²) in [5.41, 5.74) is 0.911. The Morgan fingerprint density at radius 1 is 0.889 bits per heavy atom. The Morgan fingerprint density at radius 2 is 1.33 bits per heavy atom. The number of halogens is 5. The number of hydrogen-bond donors (Lipinski definition) is 2. The summed E-state index contributed by atoms with van der Waals surface area (Å²) >= 11 is 0. The summed E-state index contributed by atoms with van der Waals surface area (Å²) in [5, 5.41) is 4.26. The summed E-state index contributed by atoms with van der Waals surface area (Å²) < 4.78 is 64.8. The van der Waals surface area contributed by atoms with Crippen molar-refractivity contribution in [3.05, 3.63) is 47.0 Å². The molecule has 2 rings (SSSR count). The number of rotatable bonds is 5. The van der Waals surface area contributed by atoms with Gasteiger partial charge in [-0.3, -0.25) is 4.79 Å². The number of carbonyl (C=O) groups is 1. The number of aryl methyl sites for hydroxylation is 2. The van der Waals surface area contributed by atoms with Gasteiger partial charge in [0.2, 0.25) is 0 Å². The second-order valence-corrected chi connectivity index (χ2v) is 7.78. The van der Waals surface area contributed by atoms with Crippen molar-refractivity contribution >= 4 is 38.9 Å². The van der Waals surface area contributed by atoms with E-state index in [1.54, 1.807) is 27.0 Å². The first-order chi connectivity index (χ1) is 12.5. The van der Waals surface area contributed by atoms with Crippen LogP contribution in [0.1, 0.15) is 11.1 Å². The molecule has 0 bridgehead atoms. The van der Waals surface area contributed by atoms with E-state index in [2.05, 4.69) is 5.32 Å². The molecule has 2 aromatic rings. The Kier molecular flexibility index (Phi) is 6.63. The molecule has 3 nitrogen and oxygen atoms in total. The van der Waals surface area contributed by atoms with Crippen LogP contribution in [0, 0.1) is 25.5 Å². The van der Waals surface area contributed by atoms with Crippen LogP contribution in [0.3, 0.4) is 0 Å². The minimum atomic E-state index is -5.12. The number of carbonyl (C=O) groups excluding carboxylic acids is 1. The number of alkyl halides is 3. The fourth-order valence-corrected chi connectivity index (χ4v) is 4.56. The van der Waals surface area contributed by atoms with Gasteiger partial charge in [0.15, 0.2) is 0 Å². The van der Waals surface area contributed by atoms with Gasteiger partial charge in [-0.05, 0) is 49.2 Å². The second-order valence-electron chi connectivity index (χ2n) is 5.56. The van der Waals surface area contributed by atoms with E-state index in [1.165, 1.54) is 22.2 Å². The van der Waals surface area contributed by atoms with Crippen LogP contribution in [0.15, 0.2) is 34.1 Å². The third kappa shape index (κ3) is 5.29. The molecule has 0 aliphatic rings. The van der Waals surface area contributed by atoms with Gasteiger partial charge >= 0.3 is 12.1 Å². The predicted octanol–water partition coefficient (Wildman–Crippen LogP) is 5.92. The van der Waals surface area contributed by atoms with Gasteiger partial charge in [0.05, 0.1) is 11.4 Å². The molecule has 0 aliphatic carbocycles. The standard InChI is InChI=1S/C17H15F5N2OS2/c1-8-4-10(18)12(23-3)6-14(8)26-27-15-7-13(11(19)5-9(15)2)24-16(25)17(20,21)22/h4-7,23H,1-3H3,(H,24,25). The first kappa shape index (κ1) is 21.4. The molecule has 0 heterocycles. The summed E-state index contributed by atoms with van der Waals surface area (Å²) in [6.07, 6.45) is -5.12. The number of hydrogen-bond acceptors (Lipinski definition) is 4. The fraction of sp³-hybridized carbons (Fsp3) is 0.235. The maximum Gasteiger partial charge on any atom is 0.471 e. The van der Waals surface area contributed by atoms with Crippen LogP contribution in [0.4, 0.5) is 33.3 Å². The van der Waals surface area contributed by atoms with Crippen LogP contribution >= 0.6 is 21.6 Å². The zero-order chi connectivity index (χ0) is 20.4. The van der Waals surface area contributed by atoms with Gasteiger partial charge in [0.25, 0.3) is 0 Å². The minimum Gasteiger partial charge on any atom is -0.386 e. The average molecular weight is 422 g/mol. The lowest BCUT2D eigenvalue weighted by atomic mass is 10.2. The molecule has 0 fully saturated rings. The van der Waals surface area contributed by atoms with Crippen LogP contribution in [-0.4, -0.2) is 19.1 Å². The van der Waals surface area contributed by atoms with E-state index in [0.717, 1.165) is 27.8 Å². The molecular formula is C17H15F5N2OS2. The molecule has 0 aromatic heterocycles. The van der Waals surface area contributed by atoms with Crippen LogP contribution in [0.25, 0.3) is 0 Å². The number of amides is 1. The molecular weight excluding hydrogens is 407 g/mol. The van der Waals surface area contributed by atoms with E-state index >= 15 is 0 Å². The predicted molar refractivity (Wildman–Crippen MR) is 98.2 cm³/mol. The molecule has 0 aliphatic heterocycles. The molecule has 10 heteroatoms. The average Bonchev–Trinajstić information content (AvgIpc) is 2.56. The Bertz CT molecular complexity index is 871. The maximum absolute atomic E-state index is 13.9. The first-order valence-electron chi connectivity index (χ1n) is 7.53. The summed E-state index contributed by atoms with van der Waals surface area (Å²) in [5.74, 6) is -3.61. The molecule has 2 aromatic carbocycles. The Hall–Kier alpha value is -1.94. The summed E-state index contributed by atoms with van der Waals surface area (Å²) in [7, 11) is 3.99. The monoisotopic (exact) mass is 422 g/mol. The highest BCUT2D eigenvalue weighted by atomic mass is 33.1.